The molecule has 1 aliphatic rings. The second-order valence-electron chi connectivity index (χ2n) is 7.46. The quantitative estimate of drug-likeness (QED) is 0.770. The molecule has 1 aromatic carbocycles. The molecule has 1 aliphatic carbocycles. The highest BCUT2D eigenvalue weighted by Gasteiger charge is 2.61. The molecule has 0 heterocycles. The maximum absolute atomic E-state index is 14.6. The van der Waals surface area contributed by atoms with Crippen molar-refractivity contribution in [3.63, 3.8) is 0 Å². The lowest BCUT2D eigenvalue weighted by Gasteiger charge is -2.23. The van der Waals surface area contributed by atoms with Gasteiger partial charge < -0.3 is 9.47 Å². The van der Waals surface area contributed by atoms with Crippen molar-refractivity contribution in [3.8, 4) is 0 Å². The number of hydrogen-bond acceptors (Lipinski definition) is 4. The molecule has 1 fully saturated rings. The van der Waals surface area contributed by atoms with E-state index in [0.29, 0.717) is 24.0 Å². The van der Waals surface area contributed by atoms with Crippen molar-refractivity contribution in [1.82, 2.24) is 0 Å². The summed E-state index contributed by atoms with van der Waals surface area (Å²) in [7, 11) is 1.32. The van der Waals surface area contributed by atoms with E-state index in [1.54, 1.807) is 45.9 Å². The Bertz CT molecular complexity index is 647. The number of esters is 2. The topological polar surface area (TPSA) is 52.6 Å². The number of carbonyl (C=O) groups is 2. The van der Waals surface area contributed by atoms with Crippen molar-refractivity contribution < 1.29 is 23.5 Å². The van der Waals surface area contributed by atoms with Crippen LogP contribution >= 0.6 is 0 Å². The molecule has 1 saturated carbocycles. The Morgan fingerprint density at radius 1 is 1.33 bits per heavy atom. The number of benzene rings is 1. The van der Waals surface area contributed by atoms with Crippen molar-refractivity contribution >= 4 is 11.9 Å². The highest BCUT2D eigenvalue weighted by atomic mass is 19.1. The third-order valence-electron chi connectivity index (χ3n) is 4.50. The highest BCUT2D eigenvalue weighted by molar-refractivity contribution is 5.80. The maximum atomic E-state index is 14.6. The second kappa shape index (κ2) is 6.54. The van der Waals surface area contributed by atoms with Crippen LogP contribution in [0.4, 0.5) is 4.39 Å². The maximum Gasteiger partial charge on any atom is 0.310 e. The van der Waals surface area contributed by atoms with E-state index in [4.69, 9.17) is 9.47 Å². The Morgan fingerprint density at radius 2 is 2.00 bits per heavy atom. The van der Waals surface area contributed by atoms with Gasteiger partial charge in [-0.05, 0) is 51.7 Å². The van der Waals surface area contributed by atoms with Gasteiger partial charge in [0, 0.05) is 11.8 Å². The Morgan fingerprint density at radius 3 is 2.58 bits per heavy atom. The lowest BCUT2D eigenvalue weighted by molar-refractivity contribution is -0.157. The summed E-state index contributed by atoms with van der Waals surface area (Å²) < 4.78 is 24.8. The third-order valence-corrected chi connectivity index (χ3v) is 4.50. The molecule has 4 nitrogen and oxygen atoms in total. The van der Waals surface area contributed by atoms with Crippen LogP contribution in [0.5, 0.6) is 0 Å². The number of halogens is 1. The summed E-state index contributed by atoms with van der Waals surface area (Å²) in [5, 5.41) is 0. The minimum absolute atomic E-state index is 0.142. The molecule has 0 N–H and O–H groups in total. The average molecular weight is 336 g/mol. The summed E-state index contributed by atoms with van der Waals surface area (Å²) in [5.74, 6) is -1.45. The molecule has 2 atom stereocenters. The Hall–Kier alpha value is -1.91. The summed E-state index contributed by atoms with van der Waals surface area (Å²) in [5.41, 5.74) is -0.270. The van der Waals surface area contributed by atoms with Crippen LogP contribution in [0.1, 0.15) is 51.2 Å². The number of ether oxygens (including phenoxy) is 2. The highest BCUT2D eigenvalue weighted by Crippen LogP contribution is 2.59. The van der Waals surface area contributed by atoms with Crippen molar-refractivity contribution in [2.45, 2.75) is 58.0 Å². The van der Waals surface area contributed by atoms with Crippen LogP contribution in [-0.4, -0.2) is 24.6 Å². The van der Waals surface area contributed by atoms with Crippen LogP contribution in [0.25, 0.3) is 0 Å². The lowest BCUT2D eigenvalue weighted by atomic mass is 9.87. The molecule has 0 saturated heterocycles. The van der Waals surface area contributed by atoms with Gasteiger partial charge in [-0.15, -0.1) is 0 Å². The van der Waals surface area contributed by atoms with Crippen molar-refractivity contribution in [1.29, 1.82) is 0 Å². The van der Waals surface area contributed by atoms with Crippen LogP contribution in [0.15, 0.2) is 18.2 Å². The van der Waals surface area contributed by atoms with Crippen LogP contribution in [0.3, 0.4) is 0 Å². The average Bonchev–Trinajstić information content (AvgIpc) is 3.22. The van der Waals surface area contributed by atoms with Crippen molar-refractivity contribution in [3.05, 3.63) is 35.1 Å². The first-order valence-electron chi connectivity index (χ1n) is 8.16. The summed E-state index contributed by atoms with van der Waals surface area (Å²) in [6.07, 6.45) is 0.992. The third kappa shape index (κ3) is 3.77. The molecule has 132 valence electrons. The molecular weight excluding hydrogens is 311 g/mol. The predicted octanol–water partition coefficient (Wildman–Crippen LogP) is 3.69. The van der Waals surface area contributed by atoms with Crippen molar-refractivity contribution in [2.24, 2.45) is 5.92 Å². The Balaban J connectivity index is 2.30. The minimum Gasteiger partial charge on any atom is -0.469 e. The molecule has 0 amide bonds. The second-order valence-corrected chi connectivity index (χ2v) is 7.46. The van der Waals surface area contributed by atoms with E-state index in [1.807, 2.05) is 0 Å². The molecular formula is C19H25FO4. The predicted molar refractivity (Wildman–Crippen MR) is 88.0 cm³/mol. The summed E-state index contributed by atoms with van der Waals surface area (Å²) in [6, 6.07) is 5.17. The molecule has 24 heavy (non-hydrogen) atoms. The van der Waals surface area contributed by atoms with Gasteiger partial charge in [0.05, 0.1) is 13.0 Å². The molecule has 0 spiro atoms. The Kier molecular flexibility index (Phi) is 5.02. The minimum atomic E-state index is -0.688. The molecule has 0 bridgehead atoms. The zero-order valence-electron chi connectivity index (χ0n) is 14.9. The van der Waals surface area contributed by atoms with Gasteiger partial charge in [0.1, 0.15) is 11.4 Å². The van der Waals surface area contributed by atoms with E-state index in [2.05, 4.69) is 0 Å². The van der Waals surface area contributed by atoms with Crippen LogP contribution in [0.2, 0.25) is 0 Å². The smallest absolute Gasteiger partial charge is 0.310 e. The Labute approximate surface area is 142 Å². The monoisotopic (exact) mass is 336 g/mol. The first-order chi connectivity index (χ1) is 11.1. The molecule has 1 aromatic rings. The van der Waals surface area contributed by atoms with E-state index in [1.165, 1.54) is 7.11 Å². The van der Waals surface area contributed by atoms with E-state index in [9.17, 15) is 14.0 Å². The summed E-state index contributed by atoms with van der Waals surface area (Å²) in [6.45, 7) is 7.10. The first kappa shape index (κ1) is 18.4. The fraction of sp³-hybridized carbons (Fsp3) is 0.579. The molecule has 0 aromatic heterocycles. The number of hydrogen-bond donors (Lipinski definition) is 0. The van der Waals surface area contributed by atoms with E-state index >= 15 is 0 Å². The van der Waals surface area contributed by atoms with Gasteiger partial charge in [-0.2, -0.15) is 0 Å². The SMILES string of the molecule is COC(=O)CCC1(c2cccc(C)c2F)CC1C(=O)OC(C)(C)C. The van der Waals surface area contributed by atoms with Crippen molar-refractivity contribution in [2.75, 3.05) is 7.11 Å². The molecule has 0 aliphatic heterocycles. The standard InChI is InChI=1S/C19H25FO4/c1-12-7-6-8-13(16(12)20)19(10-9-15(21)23-5)11-14(19)17(22)24-18(2,3)4/h6-8,14H,9-11H2,1-5H3. The van der Waals surface area contributed by atoms with Crippen LogP contribution in [0, 0.1) is 18.7 Å². The number of aryl methyl sites for hydroxylation is 1. The van der Waals surface area contributed by atoms with Gasteiger partial charge in [0.25, 0.3) is 0 Å². The zero-order chi connectivity index (χ0) is 18.1. The number of rotatable bonds is 5. The van der Waals surface area contributed by atoms with Crippen LogP contribution in [-0.2, 0) is 24.5 Å². The van der Waals surface area contributed by atoms with Gasteiger partial charge >= 0.3 is 11.9 Å². The number of methoxy groups -OCH3 is 1. The van der Waals surface area contributed by atoms with E-state index in [0.717, 1.165) is 0 Å². The zero-order valence-corrected chi connectivity index (χ0v) is 14.9. The molecule has 2 rings (SSSR count). The van der Waals surface area contributed by atoms with Crippen LogP contribution < -0.4 is 0 Å². The molecule has 2 unspecified atom stereocenters. The normalized spacial score (nSPS) is 22.8. The van der Waals surface area contributed by atoms with Gasteiger partial charge in [0.15, 0.2) is 0 Å². The van der Waals surface area contributed by atoms with E-state index in [-0.39, 0.29) is 24.2 Å². The molecule has 5 heteroatoms. The summed E-state index contributed by atoms with van der Waals surface area (Å²) >= 11 is 0. The lowest BCUT2D eigenvalue weighted by Crippen LogP contribution is -2.28. The van der Waals surface area contributed by atoms with Gasteiger partial charge in [-0.25, -0.2) is 4.39 Å². The fourth-order valence-corrected chi connectivity index (χ4v) is 3.15. The summed E-state index contributed by atoms with van der Waals surface area (Å²) in [4.78, 5) is 24.0. The van der Waals surface area contributed by atoms with E-state index < -0.39 is 16.9 Å². The van der Waals surface area contributed by atoms with Gasteiger partial charge in [0.2, 0.25) is 0 Å². The number of carbonyl (C=O) groups excluding carboxylic acids is 2. The van der Waals surface area contributed by atoms with Gasteiger partial charge in [-0.1, -0.05) is 18.2 Å². The molecule has 0 radical (unpaired) electrons. The first-order valence-corrected chi connectivity index (χ1v) is 8.16. The largest absolute Gasteiger partial charge is 0.469 e. The fourth-order valence-electron chi connectivity index (χ4n) is 3.15. The van der Waals surface area contributed by atoms with Gasteiger partial charge in [-0.3, -0.25) is 9.59 Å².